The molecule has 2 heterocycles. The fourth-order valence-electron chi connectivity index (χ4n) is 3.64. The highest BCUT2D eigenvalue weighted by molar-refractivity contribution is 9.10. The Kier molecular flexibility index (Phi) is 6.60. The number of amides is 1. The molecule has 10 heteroatoms. The van der Waals surface area contributed by atoms with E-state index in [1.54, 1.807) is 11.0 Å². The number of benzene rings is 2. The van der Waals surface area contributed by atoms with Gasteiger partial charge in [-0.15, -0.1) is 0 Å². The second-order valence-electron chi connectivity index (χ2n) is 7.38. The van der Waals surface area contributed by atoms with Crippen LogP contribution in [-0.4, -0.2) is 46.8 Å². The average Bonchev–Trinajstić information content (AvgIpc) is 2.78. The zero-order valence-corrected chi connectivity index (χ0v) is 18.8. The molecule has 32 heavy (non-hydrogen) atoms. The van der Waals surface area contributed by atoms with Gasteiger partial charge in [-0.1, -0.05) is 28.1 Å². The number of rotatable bonds is 8. The molecule has 9 nitrogen and oxygen atoms in total. The molecule has 1 amide bonds. The highest BCUT2D eigenvalue weighted by Crippen LogP contribution is 2.26. The first-order chi connectivity index (χ1) is 15.5. The quantitative estimate of drug-likeness (QED) is 0.457. The average molecular weight is 496 g/mol. The molecule has 3 N–H and O–H groups in total. The van der Waals surface area contributed by atoms with E-state index in [1.807, 2.05) is 24.3 Å². The number of nitrogens with one attached hydrogen (secondary N) is 1. The summed E-state index contributed by atoms with van der Waals surface area (Å²) in [6.07, 6.45) is 3.13. The van der Waals surface area contributed by atoms with Gasteiger partial charge in [-0.3, -0.25) is 4.79 Å². The van der Waals surface area contributed by atoms with Gasteiger partial charge < -0.3 is 25.6 Å². The zero-order chi connectivity index (χ0) is 22.5. The van der Waals surface area contributed by atoms with Gasteiger partial charge in [-0.25, -0.2) is 9.97 Å². The Bertz CT molecular complexity index is 1140. The van der Waals surface area contributed by atoms with Gasteiger partial charge in [0.1, 0.15) is 12.6 Å². The maximum atomic E-state index is 11.3. The lowest BCUT2D eigenvalue weighted by Crippen LogP contribution is -2.35. The molecule has 0 saturated carbocycles. The number of aldehydes is 1. The molecule has 3 aromatic rings. The molecule has 164 valence electrons. The predicted molar refractivity (Wildman–Crippen MR) is 126 cm³/mol. The first-order valence-corrected chi connectivity index (χ1v) is 10.9. The molecule has 0 bridgehead atoms. The molecule has 0 fully saturated rings. The molecule has 4 rings (SSSR count). The zero-order valence-electron chi connectivity index (χ0n) is 17.2. The fourth-order valence-corrected chi connectivity index (χ4v) is 4.05. The second kappa shape index (κ2) is 9.73. The first-order valence-electron chi connectivity index (χ1n) is 10.1. The summed E-state index contributed by atoms with van der Waals surface area (Å²) < 4.78 is 1.08. The molecule has 1 aliphatic rings. The van der Waals surface area contributed by atoms with Crippen molar-refractivity contribution < 1.29 is 9.59 Å². The van der Waals surface area contributed by atoms with Crippen LogP contribution in [0.1, 0.15) is 11.1 Å². The lowest BCUT2D eigenvalue weighted by atomic mass is 10.0. The standard InChI is InChI=1S/C22H22BrN7O2/c23-17-5-4-16-12-30(7-6-15(16)10-17)22-26-14-25-21(28-22)27-18-2-1-3-19(11-18)29(8-9-31)13-20(24)32/h1-5,9-11,14H,6-8,12-13H2,(H2,24,32)(H,25,26,27,28). The van der Waals surface area contributed by atoms with Gasteiger partial charge in [0.25, 0.3) is 0 Å². The molecule has 0 atom stereocenters. The van der Waals surface area contributed by atoms with Crippen LogP contribution in [0.4, 0.5) is 23.3 Å². The number of carbonyl (C=O) groups excluding carboxylic acids is 2. The molecule has 0 saturated heterocycles. The number of nitrogens with zero attached hydrogens (tertiary/aromatic N) is 5. The van der Waals surface area contributed by atoms with Gasteiger partial charge in [0, 0.05) is 28.9 Å². The summed E-state index contributed by atoms with van der Waals surface area (Å²) in [5.41, 5.74) is 9.29. The Balaban J connectivity index is 1.50. The third kappa shape index (κ3) is 5.20. The van der Waals surface area contributed by atoms with Crippen LogP contribution in [0.25, 0.3) is 0 Å². The van der Waals surface area contributed by atoms with E-state index < -0.39 is 5.91 Å². The third-order valence-electron chi connectivity index (χ3n) is 5.13. The van der Waals surface area contributed by atoms with E-state index in [-0.39, 0.29) is 13.1 Å². The largest absolute Gasteiger partial charge is 0.368 e. The van der Waals surface area contributed by atoms with E-state index in [0.29, 0.717) is 23.3 Å². The van der Waals surface area contributed by atoms with E-state index in [1.165, 1.54) is 17.5 Å². The summed E-state index contributed by atoms with van der Waals surface area (Å²) >= 11 is 3.53. The summed E-state index contributed by atoms with van der Waals surface area (Å²) in [6.45, 7) is 1.56. The Morgan fingerprint density at radius 1 is 1.22 bits per heavy atom. The van der Waals surface area contributed by atoms with Crippen molar-refractivity contribution in [1.29, 1.82) is 0 Å². The number of carbonyl (C=O) groups is 2. The van der Waals surface area contributed by atoms with E-state index in [0.717, 1.165) is 30.3 Å². The van der Waals surface area contributed by atoms with Crippen molar-refractivity contribution in [1.82, 2.24) is 15.0 Å². The lowest BCUT2D eigenvalue weighted by molar-refractivity contribution is -0.116. The SMILES string of the molecule is NC(=O)CN(CC=O)c1cccc(Nc2ncnc(N3CCc4cc(Br)ccc4C3)n2)c1. The number of aromatic nitrogens is 3. The van der Waals surface area contributed by atoms with E-state index in [4.69, 9.17) is 5.73 Å². The Morgan fingerprint density at radius 3 is 2.91 bits per heavy atom. The molecular formula is C22H22BrN7O2. The highest BCUT2D eigenvalue weighted by atomic mass is 79.9. The first kappa shape index (κ1) is 21.7. The van der Waals surface area contributed by atoms with Crippen LogP contribution in [0.15, 0.2) is 53.3 Å². The van der Waals surface area contributed by atoms with E-state index in [2.05, 4.69) is 53.2 Å². The van der Waals surface area contributed by atoms with Gasteiger partial charge in [0.15, 0.2) is 0 Å². The van der Waals surface area contributed by atoms with E-state index >= 15 is 0 Å². The highest BCUT2D eigenvalue weighted by Gasteiger charge is 2.19. The molecule has 0 unspecified atom stereocenters. The number of halogens is 1. The van der Waals surface area contributed by atoms with Gasteiger partial charge >= 0.3 is 0 Å². The van der Waals surface area contributed by atoms with Crippen LogP contribution in [0.5, 0.6) is 0 Å². The maximum Gasteiger partial charge on any atom is 0.236 e. The minimum absolute atomic E-state index is 0.0505. The lowest BCUT2D eigenvalue weighted by Gasteiger charge is -2.29. The third-order valence-corrected chi connectivity index (χ3v) is 5.62. The smallest absolute Gasteiger partial charge is 0.236 e. The number of fused-ring (bicyclic) bond motifs is 1. The fraction of sp³-hybridized carbons (Fsp3) is 0.227. The summed E-state index contributed by atoms with van der Waals surface area (Å²) in [4.78, 5) is 39.2. The van der Waals surface area contributed by atoms with Crippen LogP contribution >= 0.6 is 15.9 Å². The normalized spacial score (nSPS) is 12.7. The molecule has 0 aliphatic carbocycles. The minimum Gasteiger partial charge on any atom is -0.368 e. The van der Waals surface area contributed by atoms with Crippen molar-refractivity contribution in [2.24, 2.45) is 5.73 Å². The molecule has 2 aromatic carbocycles. The number of primary amides is 1. The van der Waals surface area contributed by atoms with Crippen LogP contribution in [0, 0.1) is 0 Å². The summed E-state index contributed by atoms with van der Waals surface area (Å²) in [5.74, 6) is 0.497. The van der Waals surface area contributed by atoms with Crippen LogP contribution < -0.4 is 20.9 Å². The Hall–Kier alpha value is -3.53. The predicted octanol–water partition coefficient (Wildman–Crippen LogP) is 2.43. The van der Waals surface area contributed by atoms with Crippen LogP contribution in [0.2, 0.25) is 0 Å². The summed E-state index contributed by atoms with van der Waals surface area (Å²) in [7, 11) is 0. The number of nitrogens with two attached hydrogens (primary N) is 1. The monoisotopic (exact) mass is 495 g/mol. The van der Waals surface area contributed by atoms with Gasteiger partial charge in [0.05, 0.1) is 13.1 Å². The van der Waals surface area contributed by atoms with Crippen molar-refractivity contribution >= 4 is 51.4 Å². The van der Waals surface area contributed by atoms with Crippen LogP contribution in [0.3, 0.4) is 0 Å². The summed E-state index contributed by atoms with van der Waals surface area (Å²) in [5, 5.41) is 3.17. The molecule has 0 spiro atoms. The number of hydrogen-bond acceptors (Lipinski definition) is 8. The number of hydrogen-bond donors (Lipinski definition) is 2. The molecular weight excluding hydrogens is 474 g/mol. The van der Waals surface area contributed by atoms with Crippen molar-refractivity contribution in [2.75, 3.05) is 34.8 Å². The van der Waals surface area contributed by atoms with Gasteiger partial charge in [-0.2, -0.15) is 4.98 Å². The van der Waals surface area contributed by atoms with Crippen molar-refractivity contribution in [3.05, 3.63) is 64.4 Å². The molecule has 1 aliphatic heterocycles. The minimum atomic E-state index is -0.511. The Morgan fingerprint density at radius 2 is 2.09 bits per heavy atom. The molecule has 0 radical (unpaired) electrons. The maximum absolute atomic E-state index is 11.3. The van der Waals surface area contributed by atoms with Crippen LogP contribution in [-0.2, 0) is 22.6 Å². The number of anilines is 4. The Labute approximate surface area is 193 Å². The van der Waals surface area contributed by atoms with E-state index in [9.17, 15) is 9.59 Å². The molecule has 1 aromatic heterocycles. The topological polar surface area (TPSA) is 117 Å². The summed E-state index contributed by atoms with van der Waals surface area (Å²) in [6, 6.07) is 13.6. The van der Waals surface area contributed by atoms with Gasteiger partial charge in [0.2, 0.25) is 17.8 Å². The van der Waals surface area contributed by atoms with Gasteiger partial charge in [-0.05, 0) is 47.9 Å². The second-order valence-corrected chi connectivity index (χ2v) is 8.30. The van der Waals surface area contributed by atoms with Crippen molar-refractivity contribution in [3.63, 3.8) is 0 Å². The van der Waals surface area contributed by atoms with Crippen molar-refractivity contribution in [2.45, 2.75) is 13.0 Å². The van der Waals surface area contributed by atoms with Crippen molar-refractivity contribution in [3.8, 4) is 0 Å².